The van der Waals surface area contributed by atoms with Crippen molar-refractivity contribution in [3.05, 3.63) is 66.0 Å². The maximum atomic E-state index is 9.75. The smallest absolute Gasteiger partial charge is 0.189 e. The number of aliphatic hydroxyl groups excluding tert-OH is 2. The fourth-order valence-corrected chi connectivity index (χ4v) is 4.63. The lowest BCUT2D eigenvalue weighted by Crippen LogP contribution is -2.35. The number of nitrogens with zero attached hydrogens (tertiary/aromatic N) is 4. The Morgan fingerprint density at radius 2 is 1.74 bits per heavy atom. The molecule has 4 N–H and O–H groups in total. The highest BCUT2D eigenvalue weighted by Gasteiger charge is 2.13. The van der Waals surface area contributed by atoms with Crippen LogP contribution in [-0.4, -0.2) is 55.4 Å². The van der Waals surface area contributed by atoms with Crippen LogP contribution in [0.4, 0.5) is 22.3 Å². The molecule has 9 heteroatoms. The first-order valence-corrected chi connectivity index (χ1v) is 12.1. The summed E-state index contributed by atoms with van der Waals surface area (Å²) in [4.78, 5) is 15.3. The standard InChI is InChI=1S/C26H28N6O2S/c1-4-19-6-5-7-22(12-19)29-24-23-25(28-16-27-24)31-26(35-23)30-21-10-8-20(9-11-21)15-32(13-17(2)33)14-18(3)34/h1,5-12,16-18,33-34H,13-15H2,2-3H3,(H2,27,28,29,30,31). The molecule has 0 aliphatic rings. The van der Waals surface area contributed by atoms with Gasteiger partial charge in [-0.15, -0.1) is 6.42 Å². The van der Waals surface area contributed by atoms with Crippen LogP contribution in [0, 0.1) is 12.3 Å². The van der Waals surface area contributed by atoms with Crippen LogP contribution in [0.3, 0.4) is 0 Å². The molecule has 4 rings (SSSR count). The van der Waals surface area contributed by atoms with Gasteiger partial charge >= 0.3 is 0 Å². The Bertz CT molecular complexity index is 1300. The summed E-state index contributed by atoms with van der Waals surface area (Å²) in [6.45, 7) is 5.14. The molecule has 0 spiro atoms. The second-order valence-corrected chi connectivity index (χ2v) is 9.46. The third-order valence-corrected chi connectivity index (χ3v) is 6.11. The highest BCUT2D eigenvalue weighted by Crippen LogP contribution is 2.32. The molecule has 0 saturated carbocycles. The molecule has 0 radical (unpaired) electrons. The lowest BCUT2D eigenvalue weighted by atomic mass is 10.1. The van der Waals surface area contributed by atoms with Gasteiger partial charge in [-0.25, -0.2) is 9.97 Å². The van der Waals surface area contributed by atoms with E-state index in [9.17, 15) is 10.2 Å². The van der Waals surface area contributed by atoms with E-state index >= 15 is 0 Å². The van der Waals surface area contributed by atoms with Crippen molar-refractivity contribution in [3.63, 3.8) is 0 Å². The SMILES string of the molecule is C#Cc1cccc(Nc2ncnc3nc(Nc4ccc(CN(CC(C)O)CC(C)O)cc4)sc23)c1. The summed E-state index contributed by atoms with van der Waals surface area (Å²) in [5.74, 6) is 3.30. The average molecular weight is 489 g/mol. The zero-order chi connectivity index (χ0) is 24.8. The lowest BCUT2D eigenvalue weighted by molar-refractivity contribution is 0.0794. The van der Waals surface area contributed by atoms with E-state index in [4.69, 9.17) is 6.42 Å². The minimum Gasteiger partial charge on any atom is -0.392 e. The molecular formula is C26H28N6O2S. The Morgan fingerprint density at radius 1 is 1.00 bits per heavy atom. The molecule has 0 amide bonds. The van der Waals surface area contributed by atoms with Crippen molar-refractivity contribution in [1.82, 2.24) is 19.9 Å². The van der Waals surface area contributed by atoms with E-state index in [-0.39, 0.29) is 0 Å². The third-order valence-electron chi connectivity index (χ3n) is 5.14. The molecule has 8 nitrogen and oxygen atoms in total. The predicted molar refractivity (Wildman–Crippen MR) is 141 cm³/mol. The molecule has 0 bridgehead atoms. The number of hydrogen-bond donors (Lipinski definition) is 4. The van der Waals surface area contributed by atoms with Crippen LogP contribution in [0.2, 0.25) is 0 Å². The minimum absolute atomic E-state index is 0.461. The zero-order valence-electron chi connectivity index (χ0n) is 19.6. The molecule has 4 aromatic rings. The number of anilines is 4. The minimum atomic E-state index is -0.461. The van der Waals surface area contributed by atoms with Crippen LogP contribution in [0.5, 0.6) is 0 Å². The number of benzene rings is 2. The van der Waals surface area contributed by atoms with Crippen LogP contribution in [0.1, 0.15) is 25.0 Å². The highest BCUT2D eigenvalue weighted by atomic mass is 32.1. The first-order chi connectivity index (χ1) is 16.9. The molecule has 2 heterocycles. The maximum absolute atomic E-state index is 9.75. The summed E-state index contributed by atoms with van der Waals surface area (Å²) in [6, 6.07) is 15.6. The van der Waals surface area contributed by atoms with Gasteiger partial charge in [0.15, 0.2) is 16.6 Å². The molecule has 0 saturated heterocycles. The van der Waals surface area contributed by atoms with Gasteiger partial charge in [0.25, 0.3) is 0 Å². The second-order valence-electron chi connectivity index (χ2n) is 8.46. The van der Waals surface area contributed by atoms with Crippen LogP contribution >= 0.6 is 11.3 Å². The molecule has 2 aromatic heterocycles. The van der Waals surface area contributed by atoms with Gasteiger partial charge in [-0.05, 0) is 49.7 Å². The lowest BCUT2D eigenvalue weighted by Gasteiger charge is -2.25. The molecule has 35 heavy (non-hydrogen) atoms. The van der Waals surface area contributed by atoms with Gasteiger partial charge in [0.2, 0.25) is 0 Å². The molecule has 180 valence electrons. The predicted octanol–water partition coefficient (Wildman–Crippen LogP) is 4.12. The summed E-state index contributed by atoms with van der Waals surface area (Å²) in [7, 11) is 0. The zero-order valence-corrected chi connectivity index (χ0v) is 20.5. The summed E-state index contributed by atoms with van der Waals surface area (Å²) in [5.41, 5.74) is 4.23. The number of rotatable bonds is 10. The van der Waals surface area contributed by atoms with E-state index in [0.29, 0.717) is 36.2 Å². The average Bonchev–Trinajstić information content (AvgIpc) is 3.23. The number of nitrogens with one attached hydrogen (secondary N) is 2. The third kappa shape index (κ3) is 6.74. The second kappa shape index (κ2) is 11.3. The molecule has 0 fully saturated rings. The van der Waals surface area contributed by atoms with E-state index in [2.05, 4.69) is 31.5 Å². The van der Waals surface area contributed by atoms with Gasteiger partial charge in [-0.1, -0.05) is 35.5 Å². The Labute approximate surface area is 208 Å². The van der Waals surface area contributed by atoms with Crippen molar-refractivity contribution in [2.75, 3.05) is 23.7 Å². The quantitative estimate of drug-likeness (QED) is 0.247. The number of fused-ring (bicyclic) bond motifs is 1. The number of terminal acetylenes is 1. The first kappa shape index (κ1) is 24.6. The molecule has 0 aliphatic heterocycles. The number of aliphatic hydroxyl groups is 2. The van der Waals surface area contributed by atoms with Crippen LogP contribution in [-0.2, 0) is 6.54 Å². The fraction of sp³-hybridized carbons (Fsp3) is 0.269. The highest BCUT2D eigenvalue weighted by molar-refractivity contribution is 7.22. The maximum Gasteiger partial charge on any atom is 0.189 e. The molecule has 2 atom stereocenters. The van der Waals surface area contributed by atoms with E-state index in [1.165, 1.54) is 17.7 Å². The van der Waals surface area contributed by atoms with Crippen LogP contribution in [0.25, 0.3) is 10.3 Å². The van der Waals surface area contributed by atoms with Gasteiger partial charge in [-0.2, -0.15) is 4.98 Å². The Kier molecular flexibility index (Phi) is 7.90. The summed E-state index contributed by atoms with van der Waals surface area (Å²) >= 11 is 1.46. The van der Waals surface area contributed by atoms with Crippen molar-refractivity contribution >= 4 is 44.0 Å². The Hall–Kier alpha value is -3.55. The van der Waals surface area contributed by atoms with E-state index < -0.39 is 12.2 Å². The largest absolute Gasteiger partial charge is 0.392 e. The van der Waals surface area contributed by atoms with Crippen molar-refractivity contribution in [3.8, 4) is 12.3 Å². The number of hydrogen-bond acceptors (Lipinski definition) is 9. The van der Waals surface area contributed by atoms with Gasteiger partial charge in [0, 0.05) is 36.6 Å². The fourth-order valence-electron chi connectivity index (χ4n) is 3.75. The van der Waals surface area contributed by atoms with Gasteiger partial charge in [-0.3, -0.25) is 4.90 Å². The summed E-state index contributed by atoms with van der Waals surface area (Å²) in [5, 5.41) is 26.8. The molecule has 0 aliphatic carbocycles. The van der Waals surface area contributed by atoms with E-state index in [1.54, 1.807) is 13.8 Å². The van der Waals surface area contributed by atoms with Crippen molar-refractivity contribution in [2.24, 2.45) is 0 Å². The van der Waals surface area contributed by atoms with Crippen molar-refractivity contribution < 1.29 is 10.2 Å². The van der Waals surface area contributed by atoms with Crippen molar-refractivity contribution in [2.45, 2.75) is 32.6 Å². The molecule has 2 unspecified atom stereocenters. The Morgan fingerprint density at radius 3 is 2.43 bits per heavy atom. The number of thiazole rings is 1. The monoisotopic (exact) mass is 488 g/mol. The van der Waals surface area contributed by atoms with Crippen molar-refractivity contribution in [1.29, 1.82) is 0 Å². The van der Waals surface area contributed by atoms with Gasteiger partial charge < -0.3 is 20.8 Å². The van der Waals surface area contributed by atoms with Crippen LogP contribution in [0.15, 0.2) is 54.9 Å². The van der Waals surface area contributed by atoms with Gasteiger partial charge in [0.1, 0.15) is 11.0 Å². The first-order valence-electron chi connectivity index (χ1n) is 11.3. The van der Waals surface area contributed by atoms with E-state index in [1.807, 2.05) is 53.4 Å². The summed E-state index contributed by atoms with van der Waals surface area (Å²) in [6.07, 6.45) is 6.07. The topological polar surface area (TPSA) is 106 Å². The summed E-state index contributed by atoms with van der Waals surface area (Å²) < 4.78 is 0.838. The molecule has 2 aromatic carbocycles. The number of aromatic nitrogens is 3. The Balaban J connectivity index is 1.47. The van der Waals surface area contributed by atoms with E-state index in [0.717, 1.165) is 27.2 Å². The van der Waals surface area contributed by atoms with Crippen LogP contribution < -0.4 is 10.6 Å². The van der Waals surface area contributed by atoms with Gasteiger partial charge in [0.05, 0.1) is 12.2 Å². The molecular weight excluding hydrogens is 460 g/mol. The normalized spacial score (nSPS) is 12.9.